The molecule has 8 rings (SSSR count). The molecule has 4 amide bonds. The van der Waals surface area contributed by atoms with Crippen LogP contribution in [0.25, 0.3) is 0 Å². The Balaban J connectivity index is 1.35. The number of imide groups is 2. The molecule has 0 bridgehead atoms. The van der Waals surface area contributed by atoms with Gasteiger partial charge in [-0.1, -0.05) is 59.1 Å². The SMILES string of the molecule is COc1cccc(O)c1[C@H]1C2=CC[C@@H]3C(=O)N(c4ccc(C)c(Cl)c4)C(=O)[C@@H]3[C@@H]2C[C@H]2C(=O)N(Nc3ccc(F)cc3)C(=O)[C@@]12c1ccc(Cl)cc1. The molecule has 1 saturated carbocycles. The normalized spacial score (nSPS) is 26.6. The Bertz CT molecular complexity index is 2210. The lowest BCUT2D eigenvalue weighted by Gasteiger charge is -2.50. The molecule has 4 aromatic carbocycles. The highest BCUT2D eigenvalue weighted by atomic mass is 35.5. The average molecular weight is 741 g/mol. The summed E-state index contributed by atoms with van der Waals surface area (Å²) in [6.45, 7) is 1.83. The minimum absolute atomic E-state index is 0.0374. The van der Waals surface area contributed by atoms with Crippen LogP contribution in [0.1, 0.15) is 35.4 Å². The number of hydrazine groups is 1. The van der Waals surface area contributed by atoms with Gasteiger partial charge >= 0.3 is 0 Å². The first-order valence-electron chi connectivity index (χ1n) is 16.8. The molecule has 4 aromatic rings. The zero-order valence-electron chi connectivity index (χ0n) is 28.0. The molecular formula is C40H32Cl2FN3O6. The van der Waals surface area contributed by atoms with Gasteiger partial charge in [-0.15, -0.1) is 0 Å². The summed E-state index contributed by atoms with van der Waals surface area (Å²) in [5.41, 5.74) is 4.05. The molecule has 2 heterocycles. The second-order valence-electron chi connectivity index (χ2n) is 13.7. The number of nitrogens with zero attached hydrogens (tertiary/aromatic N) is 2. The fraction of sp³-hybridized carbons (Fsp3) is 0.250. The number of benzene rings is 4. The van der Waals surface area contributed by atoms with Crippen molar-refractivity contribution in [2.24, 2.45) is 23.7 Å². The maximum atomic E-state index is 15.3. The van der Waals surface area contributed by atoms with Gasteiger partial charge in [-0.05, 0) is 97.5 Å². The summed E-state index contributed by atoms with van der Waals surface area (Å²) in [4.78, 5) is 59.9. The maximum absolute atomic E-state index is 15.3. The highest BCUT2D eigenvalue weighted by Crippen LogP contribution is 2.66. The Kier molecular flexibility index (Phi) is 8.15. The monoisotopic (exact) mass is 739 g/mol. The maximum Gasteiger partial charge on any atom is 0.260 e. The molecule has 52 heavy (non-hydrogen) atoms. The van der Waals surface area contributed by atoms with Gasteiger partial charge < -0.3 is 9.84 Å². The third-order valence-corrected chi connectivity index (χ3v) is 11.9. The van der Waals surface area contributed by atoms with Crippen molar-refractivity contribution in [3.05, 3.63) is 129 Å². The number of carbonyl (C=O) groups is 4. The minimum Gasteiger partial charge on any atom is -0.508 e. The van der Waals surface area contributed by atoms with Crippen molar-refractivity contribution in [1.29, 1.82) is 0 Å². The Morgan fingerprint density at radius 2 is 1.63 bits per heavy atom. The van der Waals surface area contributed by atoms with Crippen molar-refractivity contribution in [3.63, 3.8) is 0 Å². The number of rotatable bonds is 6. The van der Waals surface area contributed by atoms with Crippen LogP contribution in [-0.2, 0) is 24.6 Å². The number of hydrogen-bond acceptors (Lipinski definition) is 7. The number of phenolic OH excluding ortho intramolecular Hbond substituents is 1. The molecule has 9 nitrogen and oxygen atoms in total. The quantitative estimate of drug-likeness (QED) is 0.157. The molecule has 264 valence electrons. The number of ether oxygens (including phenoxy) is 1. The van der Waals surface area contributed by atoms with E-state index < -0.39 is 58.5 Å². The first-order chi connectivity index (χ1) is 25.0. The van der Waals surface area contributed by atoms with E-state index in [1.54, 1.807) is 54.6 Å². The van der Waals surface area contributed by atoms with Crippen LogP contribution >= 0.6 is 23.2 Å². The van der Waals surface area contributed by atoms with Crippen LogP contribution < -0.4 is 15.1 Å². The van der Waals surface area contributed by atoms with Crippen LogP contribution in [0, 0.1) is 36.4 Å². The van der Waals surface area contributed by atoms with E-state index in [-0.39, 0.29) is 35.8 Å². The lowest BCUT2D eigenvalue weighted by molar-refractivity contribution is -0.138. The number of anilines is 2. The number of aromatic hydroxyl groups is 1. The van der Waals surface area contributed by atoms with Crippen molar-refractivity contribution < 1.29 is 33.4 Å². The van der Waals surface area contributed by atoms with Gasteiger partial charge in [0.15, 0.2) is 0 Å². The summed E-state index contributed by atoms with van der Waals surface area (Å²) >= 11 is 12.8. The average Bonchev–Trinajstić information content (AvgIpc) is 3.51. The Labute approximate surface area is 308 Å². The number of aryl methyl sites for hydroxylation is 1. The highest BCUT2D eigenvalue weighted by molar-refractivity contribution is 6.32. The van der Waals surface area contributed by atoms with E-state index in [1.807, 2.05) is 13.0 Å². The number of fused-ring (bicyclic) bond motifs is 4. The summed E-state index contributed by atoms with van der Waals surface area (Å²) in [5, 5.41) is 13.4. The van der Waals surface area contributed by atoms with Crippen LogP contribution in [0.2, 0.25) is 10.0 Å². The first kappa shape index (κ1) is 33.9. The van der Waals surface area contributed by atoms with Crippen molar-refractivity contribution in [2.45, 2.75) is 31.1 Å². The van der Waals surface area contributed by atoms with Gasteiger partial charge in [0, 0.05) is 21.5 Å². The van der Waals surface area contributed by atoms with Crippen LogP contribution in [0.4, 0.5) is 15.8 Å². The lowest BCUT2D eigenvalue weighted by atomic mass is 9.49. The van der Waals surface area contributed by atoms with E-state index in [4.69, 9.17) is 27.9 Å². The number of allylic oxidation sites excluding steroid dienone is 2. The van der Waals surface area contributed by atoms with Gasteiger partial charge in [0.05, 0.1) is 41.7 Å². The molecule has 2 saturated heterocycles. The van der Waals surface area contributed by atoms with E-state index in [0.717, 1.165) is 10.6 Å². The zero-order chi connectivity index (χ0) is 36.6. The standard InChI is InChI=1S/C40H32Cl2FN3O6/c1-20-6-15-25(18-30(20)42)45-36(48)27-17-16-26-28(33(27)38(45)50)19-29-37(49)46(44-24-13-11-23(43)12-14-24)39(51)40(29,21-7-9-22(41)10-8-21)35(26)34-31(47)4-3-5-32(34)52-2/h3-16,18,27-29,33,35,44,47H,17,19H2,1-2H3/t27-,28+,29-,33-,35+,40+/m0/s1. The predicted octanol–water partition coefficient (Wildman–Crippen LogP) is 7.34. The number of halogens is 3. The molecule has 2 N–H and O–H groups in total. The molecule has 0 spiro atoms. The number of carbonyl (C=O) groups excluding carboxylic acids is 4. The number of nitrogens with one attached hydrogen (secondary N) is 1. The van der Waals surface area contributed by atoms with Gasteiger partial charge in [0.2, 0.25) is 11.8 Å². The van der Waals surface area contributed by atoms with Gasteiger partial charge in [-0.25, -0.2) is 9.29 Å². The van der Waals surface area contributed by atoms with Gasteiger partial charge in [0.1, 0.15) is 17.3 Å². The summed E-state index contributed by atoms with van der Waals surface area (Å²) in [7, 11) is 1.45. The Morgan fingerprint density at radius 3 is 2.33 bits per heavy atom. The van der Waals surface area contributed by atoms with E-state index >= 15 is 4.79 Å². The number of phenols is 1. The summed E-state index contributed by atoms with van der Waals surface area (Å²) in [6.07, 6.45) is 2.11. The highest BCUT2D eigenvalue weighted by Gasteiger charge is 2.71. The fourth-order valence-corrected chi connectivity index (χ4v) is 9.25. The predicted molar refractivity (Wildman–Crippen MR) is 192 cm³/mol. The van der Waals surface area contributed by atoms with E-state index in [1.165, 1.54) is 42.3 Å². The lowest BCUT2D eigenvalue weighted by Crippen LogP contribution is -2.53. The van der Waals surface area contributed by atoms with Crippen molar-refractivity contribution >= 4 is 58.2 Å². The summed E-state index contributed by atoms with van der Waals surface area (Å²) in [6, 6.07) is 21.7. The number of methoxy groups -OCH3 is 1. The van der Waals surface area contributed by atoms with Crippen LogP contribution in [0.5, 0.6) is 11.5 Å². The molecule has 0 aromatic heterocycles. The number of amides is 4. The zero-order valence-corrected chi connectivity index (χ0v) is 29.5. The summed E-state index contributed by atoms with van der Waals surface area (Å²) in [5.74, 6) is -6.77. The van der Waals surface area contributed by atoms with Crippen LogP contribution in [-0.4, -0.2) is 40.9 Å². The summed E-state index contributed by atoms with van der Waals surface area (Å²) < 4.78 is 19.7. The second-order valence-corrected chi connectivity index (χ2v) is 14.6. The van der Waals surface area contributed by atoms with Gasteiger partial charge in [-0.2, -0.15) is 5.01 Å². The molecule has 0 radical (unpaired) electrons. The largest absolute Gasteiger partial charge is 0.508 e. The van der Waals surface area contributed by atoms with E-state index in [0.29, 0.717) is 32.6 Å². The first-order valence-corrected chi connectivity index (χ1v) is 17.6. The molecule has 2 aliphatic carbocycles. The molecule has 12 heteroatoms. The Hall–Kier alpha value is -5.19. The van der Waals surface area contributed by atoms with Crippen LogP contribution in [0.15, 0.2) is 96.6 Å². The topological polar surface area (TPSA) is 116 Å². The third kappa shape index (κ3) is 4.88. The van der Waals surface area contributed by atoms with Crippen molar-refractivity contribution in [1.82, 2.24) is 5.01 Å². The molecule has 2 aliphatic heterocycles. The van der Waals surface area contributed by atoms with Crippen LogP contribution in [0.3, 0.4) is 0 Å². The van der Waals surface area contributed by atoms with Crippen molar-refractivity contribution in [2.75, 3.05) is 17.4 Å². The minimum atomic E-state index is -1.67. The molecule has 6 atom stereocenters. The second kappa shape index (κ2) is 12.5. The third-order valence-electron chi connectivity index (χ3n) is 11.2. The Morgan fingerprint density at radius 1 is 0.904 bits per heavy atom. The van der Waals surface area contributed by atoms with E-state index in [9.17, 15) is 23.9 Å². The molecule has 3 fully saturated rings. The number of hydrogen-bond donors (Lipinski definition) is 2. The molecular weight excluding hydrogens is 708 g/mol. The molecule has 0 unspecified atom stereocenters. The van der Waals surface area contributed by atoms with Gasteiger partial charge in [-0.3, -0.25) is 24.6 Å². The van der Waals surface area contributed by atoms with Gasteiger partial charge in [0.25, 0.3) is 11.8 Å². The van der Waals surface area contributed by atoms with E-state index in [2.05, 4.69) is 5.43 Å². The fourth-order valence-electron chi connectivity index (χ4n) is 8.95. The van der Waals surface area contributed by atoms with Crippen molar-refractivity contribution in [3.8, 4) is 11.5 Å². The molecule has 4 aliphatic rings. The smallest absolute Gasteiger partial charge is 0.260 e.